The van der Waals surface area contributed by atoms with Crippen molar-refractivity contribution in [3.8, 4) is 0 Å². The van der Waals surface area contributed by atoms with Gasteiger partial charge in [-0.15, -0.1) is 0 Å². The Labute approximate surface area is 89.0 Å². The molecule has 0 saturated heterocycles. The summed E-state index contributed by atoms with van der Waals surface area (Å²) in [7, 11) is -3.54. The van der Waals surface area contributed by atoms with E-state index in [0.29, 0.717) is 0 Å². The van der Waals surface area contributed by atoms with E-state index in [1.807, 2.05) is 0 Å². The highest BCUT2D eigenvalue weighted by Crippen LogP contribution is 2.20. The molecule has 0 aromatic heterocycles. The number of rotatable bonds is 3. The summed E-state index contributed by atoms with van der Waals surface area (Å²) in [6.45, 7) is 3.54. The largest absolute Gasteiger partial charge is 0.399 e. The van der Waals surface area contributed by atoms with E-state index < -0.39 is 15.7 Å². The predicted octanol–water partition coefficient (Wildman–Crippen LogP) is 1.84. The highest BCUT2D eigenvalue weighted by molar-refractivity contribution is 7.91. The van der Waals surface area contributed by atoms with Crippen molar-refractivity contribution < 1.29 is 12.8 Å². The smallest absolute Gasteiger partial charge is 0.181 e. The van der Waals surface area contributed by atoms with E-state index in [1.54, 1.807) is 13.8 Å². The highest BCUT2D eigenvalue weighted by atomic mass is 32.2. The summed E-state index contributed by atoms with van der Waals surface area (Å²) >= 11 is 0. The number of benzene rings is 1. The minimum Gasteiger partial charge on any atom is -0.399 e. The van der Waals surface area contributed by atoms with Gasteiger partial charge in [-0.3, -0.25) is 0 Å². The van der Waals surface area contributed by atoms with Gasteiger partial charge in [-0.25, -0.2) is 12.8 Å². The monoisotopic (exact) mass is 231 g/mol. The first kappa shape index (κ1) is 12.0. The second-order valence-electron chi connectivity index (χ2n) is 3.87. The fourth-order valence-corrected chi connectivity index (χ4v) is 2.99. The standard InChI is InChI=1S/C10H14FNO2S/c1-7(2)6-15(13,14)10-4-3-8(12)5-9(10)11/h3-5,7H,6,12H2,1-2H3. The Kier molecular flexibility index (Phi) is 3.34. The Morgan fingerprint density at radius 3 is 2.47 bits per heavy atom. The third-order valence-electron chi connectivity index (χ3n) is 1.84. The van der Waals surface area contributed by atoms with Crippen molar-refractivity contribution in [2.24, 2.45) is 5.92 Å². The number of anilines is 1. The Bertz CT molecular complexity index is 454. The number of hydrogen-bond donors (Lipinski definition) is 1. The van der Waals surface area contributed by atoms with Gasteiger partial charge >= 0.3 is 0 Å². The molecule has 0 aliphatic heterocycles. The number of nitrogens with two attached hydrogens (primary N) is 1. The molecule has 0 aliphatic carbocycles. The van der Waals surface area contributed by atoms with E-state index in [-0.39, 0.29) is 22.3 Å². The molecule has 1 rings (SSSR count). The van der Waals surface area contributed by atoms with Crippen LogP contribution in [-0.2, 0) is 9.84 Å². The molecule has 0 saturated carbocycles. The van der Waals surface area contributed by atoms with E-state index in [0.717, 1.165) is 6.07 Å². The summed E-state index contributed by atoms with van der Waals surface area (Å²) in [6, 6.07) is 3.62. The van der Waals surface area contributed by atoms with Crippen LogP contribution in [0.1, 0.15) is 13.8 Å². The van der Waals surface area contributed by atoms with Crippen molar-refractivity contribution in [2.75, 3.05) is 11.5 Å². The van der Waals surface area contributed by atoms with Crippen LogP contribution >= 0.6 is 0 Å². The minimum absolute atomic E-state index is 0.0352. The SMILES string of the molecule is CC(C)CS(=O)(=O)c1ccc(N)cc1F. The topological polar surface area (TPSA) is 60.2 Å². The third-order valence-corrected chi connectivity index (χ3v) is 3.95. The fourth-order valence-electron chi connectivity index (χ4n) is 1.30. The molecule has 0 radical (unpaired) electrons. The van der Waals surface area contributed by atoms with Crippen LogP contribution in [0, 0.1) is 11.7 Å². The van der Waals surface area contributed by atoms with Crippen molar-refractivity contribution in [3.05, 3.63) is 24.0 Å². The first-order chi connectivity index (χ1) is 6.83. The van der Waals surface area contributed by atoms with Gasteiger partial charge in [-0.1, -0.05) is 13.8 Å². The molecule has 3 nitrogen and oxygen atoms in total. The average Bonchev–Trinajstić information content (AvgIpc) is 1.99. The molecule has 2 N–H and O–H groups in total. The zero-order chi connectivity index (χ0) is 11.6. The van der Waals surface area contributed by atoms with E-state index in [1.165, 1.54) is 12.1 Å². The number of halogens is 1. The molecule has 15 heavy (non-hydrogen) atoms. The van der Waals surface area contributed by atoms with Gasteiger partial charge in [0.2, 0.25) is 0 Å². The molecular formula is C10H14FNO2S. The Hall–Kier alpha value is -1.10. The van der Waals surface area contributed by atoms with Crippen LogP contribution in [0.2, 0.25) is 0 Å². The zero-order valence-electron chi connectivity index (χ0n) is 8.70. The molecule has 0 heterocycles. The molecular weight excluding hydrogens is 217 g/mol. The quantitative estimate of drug-likeness (QED) is 0.807. The second-order valence-corrected chi connectivity index (χ2v) is 5.87. The van der Waals surface area contributed by atoms with E-state index >= 15 is 0 Å². The van der Waals surface area contributed by atoms with E-state index in [2.05, 4.69) is 0 Å². The first-order valence-electron chi connectivity index (χ1n) is 4.60. The van der Waals surface area contributed by atoms with Crippen LogP contribution in [0.3, 0.4) is 0 Å². The highest BCUT2D eigenvalue weighted by Gasteiger charge is 2.20. The van der Waals surface area contributed by atoms with Gasteiger partial charge in [0.1, 0.15) is 10.7 Å². The maximum atomic E-state index is 13.3. The first-order valence-corrected chi connectivity index (χ1v) is 6.26. The molecule has 0 amide bonds. The van der Waals surface area contributed by atoms with Gasteiger partial charge in [-0.2, -0.15) is 0 Å². The summed E-state index contributed by atoms with van der Waals surface area (Å²) in [4.78, 5) is -0.273. The Morgan fingerprint density at radius 1 is 1.40 bits per heavy atom. The van der Waals surface area contributed by atoms with Gasteiger partial charge in [0.15, 0.2) is 9.84 Å². The molecule has 0 unspecified atom stereocenters. The molecule has 0 aliphatic rings. The molecule has 1 aromatic rings. The van der Waals surface area contributed by atoms with Gasteiger partial charge in [0, 0.05) is 5.69 Å². The van der Waals surface area contributed by atoms with E-state index in [4.69, 9.17) is 5.73 Å². The van der Waals surface area contributed by atoms with Crippen LogP contribution in [0.5, 0.6) is 0 Å². The molecule has 0 bridgehead atoms. The third kappa shape index (κ3) is 2.92. The molecule has 0 spiro atoms. The lowest BCUT2D eigenvalue weighted by Crippen LogP contribution is -2.13. The average molecular weight is 231 g/mol. The maximum absolute atomic E-state index is 13.3. The molecule has 84 valence electrons. The Balaban J connectivity index is 3.16. The maximum Gasteiger partial charge on any atom is 0.181 e. The van der Waals surface area contributed by atoms with Crippen LogP contribution in [-0.4, -0.2) is 14.2 Å². The summed E-state index contributed by atoms with van der Waals surface area (Å²) < 4.78 is 36.7. The van der Waals surface area contributed by atoms with Crippen molar-refractivity contribution in [1.82, 2.24) is 0 Å². The normalized spacial score (nSPS) is 12.0. The summed E-state index contributed by atoms with van der Waals surface area (Å²) in [6.07, 6.45) is 0. The molecule has 5 heteroatoms. The van der Waals surface area contributed by atoms with Crippen LogP contribution in [0.15, 0.2) is 23.1 Å². The van der Waals surface area contributed by atoms with Gasteiger partial charge < -0.3 is 5.73 Å². The number of sulfone groups is 1. The van der Waals surface area contributed by atoms with Crippen molar-refractivity contribution in [2.45, 2.75) is 18.7 Å². The van der Waals surface area contributed by atoms with Crippen molar-refractivity contribution >= 4 is 15.5 Å². The minimum atomic E-state index is -3.54. The van der Waals surface area contributed by atoms with Crippen LogP contribution < -0.4 is 5.73 Å². The lowest BCUT2D eigenvalue weighted by atomic mass is 10.3. The lowest BCUT2D eigenvalue weighted by Gasteiger charge is -2.08. The van der Waals surface area contributed by atoms with Crippen LogP contribution in [0.4, 0.5) is 10.1 Å². The Morgan fingerprint density at radius 2 is 2.00 bits per heavy atom. The van der Waals surface area contributed by atoms with Crippen molar-refractivity contribution in [3.63, 3.8) is 0 Å². The molecule has 0 atom stereocenters. The lowest BCUT2D eigenvalue weighted by molar-refractivity contribution is 0.559. The van der Waals surface area contributed by atoms with Gasteiger partial charge in [-0.05, 0) is 24.1 Å². The molecule has 0 fully saturated rings. The number of hydrogen-bond acceptors (Lipinski definition) is 3. The number of nitrogen functional groups attached to an aromatic ring is 1. The van der Waals surface area contributed by atoms with E-state index in [9.17, 15) is 12.8 Å². The summed E-state index contributed by atoms with van der Waals surface area (Å²) in [5.41, 5.74) is 5.56. The fraction of sp³-hybridized carbons (Fsp3) is 0.400. The van der Waals surface area contributed by atoms with Crippen molar-refractivity contribution in [1.29, 1.82) is 0 Å². The van der Waals surface area contributed by atoms with Gasteiger partial charge in [0.25, 0.3) is 0 Å². The second kappa shape index (κ2) is 4.18. The zero-order valence-corrected chi connectivity index (χ0v) is 9.51. The molecule has 1 aromatic carbocycles. The summed E-state index contributed by atoms with van der Waals surface area (Å²) in [5, 5.41) is 0. The predicted molar refractivity (Wildman–Crippen MR) is 57.7 cm³/mol. The van der Waals surface area contributed by atoms with Gasteiger partial charge in [0.05, 0.1) is 5.75 Å². The summed E-state index contributed by atoms with van der Waals surface area (Å²) in [5.74, 6) is -0.879. The van der Waals surface area contributed by atoms with Crippen LogP contribution in [0.25, 0.3) is 0 Å².